The molecule has 26 heavy (non-hydrogen) atoms. The molecule has 0 radical (unpaired) electrons. The summed E-state index contributed by atoms with van der Waals surface area (Å²) < 4.78 is 5.86. The van der Waals surface area contributed by atoms with Crippen LogP contribution in [-0.2, 0) is 10.5 Å². The summed E-state index contributed by atoms with van der Waals surface area (Å²) >= 11 is 7.64. The number of ether oxygens (including phenoxy) is 1. The van der Waals surface area contributed by atoms with Crippen LogP contribution in [0.4, 0.5) is 5.69 Å². The van der Waals surface area contributed by atoms with Crippen LogP contribution < -0.4 is 10.1 Å². The van der Waals surface area contributed by atoms with Gasteiger partial charge in [-0.05, 0) is 35.9 Å². The van der Waals surface area contributed by atoms with E-state index in [0.29, 0.717) is 28.0 Å². The van der Waals surface area contributed by atoms with Crippen molar-refractivity contribution < 1.29 is 9.53 Å². The lowest BCUT2D eigenvalue weighted by Gasteiger charge is -2.13. The summed E-state index contributed by atoms with van der Waals surface area (Å²) in [5.74, 6) is 2.31. The Morgan fingerprint density at radius 3 is 2.38 bits per heavy atom. The summed E-state index contributed by atoms with van der Waals surface area (Å²) in [6.45, 7) is 0. The normalized spacial score (nSPS) is 10.3. The van der Waals surface area contributed by atoms with Gasteiger partial charge < -0.3 is 10.1 Å². The van der Waals surface area contributed by atoms with E-state index in [9.17, 15) is 4.79 Å². The summed E-state index contributed by atoms with van der Waals surface area (Å²) in [5, 5.41) is 3.43. The fourth-order valence-corrected chi connectivity index (χ4v) is 3.29. The van der Waals surface area contributed by atoms with Gasteiger partial charge >= 0.3 is 0 Å². The number of nitrogens with one attached hydrogen (secondary N) is 1. The van der Waals surface area contributed by atoms with Crippen LogP contribution >= 0.6 is 23.4 Å². The third-order valence-electron chi connectivity index (χ3n) is 3.53. The number of hydrogen-bond acceptors (Lipinski definition) is 3. The highest BCUT2D eigenvalue weighted by molar-refractivity contribution is 7.99. The van der Waals surface area contributed by atoms with E-state index in [1.165, 1.54) is 5.56 Å². The van der Waals surface area contributed by atoms with Crippen molar-refractivity contribution in [2.75, 3.05) is 11.1 Å². The summed E-state index contributed by atoms with van der Waals surface area (Å²) in [7, 11) is 0. The van der Waals surface area contributed by atoms with Crippen LogP contribution in [0.3, 0.4) is 0 Å². The molecule has 3 rings (SSSR count). The number of carbonyl (C=O) groups excluding carboxylic acids is 1. The lowest BCUT2D eigenvalue weighted by molar-refractivity contribution is -0.113. The third-order valence-corrected chi connectivity index (χ3v) is 4.77. The van der Waals surface area contributed by atoms with Crippen molar-refractivity contribution in [1.82, 2.24) is 0 Å². The Bertz CT molecular complexity index is 856. The summed E-state index contributed by atoms with van der Waals surface area (Å²) in [6, 6.07) is 24.7. The van der Waals surface area contributed by atoms with Crippen LogP contribution in [0.15, 0.2) is 78.9 Å². The number of hydrogen-bond donors (Lipinski definition) is 1. The smallest absolute Gasteiger partial charge is 0.234 e. The molecule has 1 N–H and O–H groups in total. The number of anilines is 1. The van der Waals surface area contributed by atoms with Gasteiger partial charge in [0, 0.05) is 10.8 Å². The monoisotopic (exact) mass is 383 g/mol. The molecular weight excluding hydrogens is 366 g/mol. The molecule has 3 aromatic carbocycles. The lowest BCUT2D eigenvalue weighted by atomic mass is 10.2. The first kappa shape index (κ1) is 18.4. The maximum atomic E-state index is 12.3. The fourth-order valence-electron chi connectivity index (χ4n) is 2.33. The molecule has 0 unspecified atom stereocenters. The third kappa shape index (κ3) is 5.55. The van der Waals surface area contributed by atoms with Crippen molar-refractivity contribution in [3.05, 3.63) is 89.4 Å². The van der Waals surface area contributed by atoms with E-state index >= 15 is 0 Å². The lowest BCUT2D eigenvalue weighted by Crippen LogP contribution is -2.14. The molecule has 1 amide bonds. The zero-order valence-corrected chi connectivity index (χ0v) is 15.6. The molecule has 0 fully saturated rings. The van der Waals surface area contributed by atoms with Crippen LogP contribution in [0.2, 0.25) is 5.02 Å². The maximum Gasteiger partial charge on any atom is 0.234 e. The van der Waals surface area contributed by atoms with Crippen molar-refractivity contribution >= 4 is 35.0 Å². The quantitative estimate of drug-likeness (QED) is 0.543. The highest BCUT2D eigenvalue weighted by Gasteiger charge is 2.10. The zero-order valence-electron chi connectivity index (χ0n) is 14.0. The van der Waals surface area contributed by atoms with Crippen LogP contribution in [0.5, 0.6) is 11.5 Å². The second kappa shape index (κ2) is 9.32. The van der Waals surface area contributed by atoms with Gasteiger partial charge in [-0.3, -0.25) is 4.79 Å². The van der Waals surface area contributed by atoms with Gasteiger partial charge in [0.15, 0.2) is 5.75 Å². The largest absolute Gasteiger partial charge is 0.455 e. The van der Waals surface area contributed by atoms with Gasteiger partial charge in [-0.2, -0.15) is 0 Å². The van der Waals surface area contributed by atoms with Gasteiger partial charge in [-0.1, -0.05) is 60.1 Å². The Kier molecular flexibility index (Phi) is 6.58. The molecule has 5 heteroatoms. The van der Waals surface area contributed by atoms with Gasteiger partial charge in [0.2, 0.25) is 5.91 Å². The zero-order chi connectivity index (χ0) is 18.2. The molecule has 132 valence electrons. The first-order chi connectivity index (χ1) is 12.7. The molecule has 3 aromatic rings. The second-order valence-electron chi connectivity index (χ2n) is 5.58. The molecule has 0 atom stereocenters. The number of thioether (sulfide) groups is 1. The van der Waals surface area contributed by atoms with Gasteiger partial charge in [-0.25, -0.2) is 0 Å². The van der Waals surface area contributed by atoms with Crippen molar-refractivity contribution in [2.45, 2.75) is 5.75 Å². The van der Waals surface area contributed by atoms with E-state index in [1.54, 1.807) is 30.0 Å². The van der Waals surface area contributed by atoms with E-state index in [0.717, 1.165) is 5.75 Å². The Morgan fingerprint density at radius 2 is 1.65 bits per heavy atom. The predicted molar refractivity (Wildman–Crippen MR) is 109 cm³/mol. The van der Waals surface area contributed by atoms with Crippen LogP contribution in [0, 0.1) is 0 Å². The van der Waals surface area contributed by atoms with E-state index in [1.807, 2.05) is 60.7 Å². The Balaban J connectivity index is 1.61. The molecule has 0 aliphatic rings. The average molecular weight is 384 g/mol. The standard InChI is InChI=1S/C21H18ClNO2S/c22-17-11-12-20(25-18-9-5-2-6-10-18)19(13-17)23-21(24)15-26-14-16-7-3-1-4-8-16/h1-13H,14-15H2,(H,23,24). The fraction of sp³-hybridized carbons (Fsp3) is 0.0952. The Morgan fingerprint density at radius 1 is 0.962 bits per heavy atom. The van der Waals surface area contributed by atoms with Gasteiger partial charge in [0.1, 0.15) is 5.75 Å². The molecule has 0 bridgehead atoms. The first-order valence-electron chi connectivity index (χ1n) is 8.15. The minimum atomic E-state index is -0.0916. The summed E-state index contributed by atoms with van der Waals surface area (Å²) in [4.78, 5) is 12.3. The van der Waals surface area contributed by atoms with Crippen LogP contribution in [-0.4, -0.2) is 11.7 Å². The van der Waals surface area contributed by atoms with E-state index in [-0.39, 0.29) is 5.91 Å². The molecule has 0 aliphatic carbocycles. The minimum absolute atomic E-state index is 0.0916. The van der Waals surface area contributed by atoms with E-state index in [4.69, 9.17) is 16.3 Å². The highest BCUT2D eigenvalue weighted by atomic mass is 35.5. The maximum absolute atomic E-state index is 12.3. The van der Waals surface area contributed by atoms with Crippen LogP contribution in [0.25, 0.3) is 0 Å². The minimum Gasteiger partial charge on any atom is -0.455 e. The number of rotatable bonds is 7. The summed E-state index contributed by atoms with van der Waals surface area (Å²) in [6.07, 6.45) is 0. The molecule has 0 heterocycles. The molecule has 0 aromatic heterocycles. The molecule has 0 aliphatic heterocycles. The van der Waals surface area contributed by atoms with Gasteiger partial charge in [0.25, 0.3) is 0 Å². The van der Waals surface area contributed by atoms with E-state index < -0.39 is 0 Å². The number of amides is 1. The molecular formula is C21H18ClNO2S. The molecule has 3 nitrogen and oxygen atoms in total. The Labute approximate surface area is 162 Å². The molecule has 0 saturated heterocycles. The number of benzene rings is 3. The van der Waals surface area contributed by atoms with Crippen molar-refractivity contribution in [1.29, 1.82) is 0 Å². The highest BCUT2D eigenvalue weighted by Crippen LogP contribution is 2.32. The number of halogens is 1. The molecule has 0 saturated carbocycles. The van der Waals surface area contributed by atoms with Crippen LogP contribution in [0.1, 0.15) is 5.56 Å². The number of carbonyl (C=O) groups is 1. The predicted octanol–water partition coefficient (Wildman–Crippen LogP) is 6.00. The number of para-hydroxylation sites is 1. The topological polar surface area (TPSA) is 38.3 Å². The van der Waals surface area contributed by atoms with Crippen molar-refractivity contribution in [2.24, 2.45) is 0 Å². The van der Waals surface area contributed by atoms with Crippen molar-refractivity contribution in [3.63, 3.8) is 0 Å². The van der Waals surface area contributed by atoms with Gasteiger partial charge in [-0.15, -0.1) is 11.8 Å². The first-order valence-corrected chi connectivity index (χ1v) is 9.68. The SMILES string of the molecule is O=C(CSCc1ccccc1)Nc1cc(Cl)ccc1Oc1ccccc1. The average Bonchev–Trinajstić information content (AvgIpc) is 2.66. The van der Waals surface area contributed by atoms with E-state index in [2.05, 4.69) is 5.32 Å². The summed E-state index contributed by atoms with van der Waals surface area (Å²) in [5.41, 5.74) is 1.76. The van der Waals surface area contributed by atoms with Gasteiger partial charge in [0.05, 0.1) is 11.4 Å². The molecule has 0 spiro atoms. The van der Waals surface area contributed by atoms with Crippen molar-refractivity contribution in [3.8, 4) is 11.5 Å². The second-order valence-corrected chi connectivity index (χ2v) is 7.00. The Hall–Kier alpha value is -2.43.